The second kappa shape index (κ2) is 6.63. The van der Waals surface area contributed by atoms with Crippen LogP contribution >= 0.6 is 0 Å². The van der Waals surface area contributed by atoms with E-state index in [1.807, 2.05) is 18.2 Å². The van der Waals surface area contributed by atoms with Crippen LogP contribution in [0.3, 0.4) is 0 Å². The fraction of sp³-hybridized carbons (Fsp3) is 0.421. The first-order valence-electron chi connectivity index (χ1n) is 8.71. The standard InChI is InChI=1S/C19H21FN2O3S/c20-17-5-3-4-15(10-17)11-22-13-19(14-22)16(7-9-26(19,23)24)12-25-18-6-1-2-8-21-18/h1-6,8,10,16H,7,9,11-14H2/t16-/m1/s1. The Hall–Kier alpha value is -1.99. The molecule has 0 radical (unpaired) electrons. The summed E-state index contributed by atoms with van der Waals surface area (Å²) in [5, 5.41) is 0. The first kappa shape index (κ1) is 17.4. The summed E-state index contributed by atoms with van der Waals surface area (Å²) in [4.78, 5) is 6.19. The molecule has 1 aromatic carbocycles. The van der Waals surface area contributed by atoms with Crippen LogP contribution in [0.15, 0.2) is 48.7 Å². The van der Waals surface area contributed by atoms with Gasteiger partial charge in [0.25, 0.3) is 0 Å². The monoisotopic (exact) mass is 376 g/mol. The number of likely N-dealkylation sites (tertiary alicyclic amines) is 1. The van der Waals surface area contributed by atoms with Crippen molar-refractivity contribution in [2.24, 2.45) is 5.92 Å². The molecule has 1 atom stereocenters. The van der Waals surface area contributed by atoms with Gasteiger partial charge in [0, 0.05) is 37.8 Å². The minimum atomic E-state index is -3.15. The van der Waals surface area contributed by atoms with E-state index >= 15 is 0 Å². The topological polar surface area (TPSA) is 59.5 Å². The molecule has 138 valence electrons. The second-order valence-corrected chi connectivity index (χ2v) is 9.57. The number of ether oxygens (including phenoxy) is 1. The van der Waals surface area contributed by atoms with E-state index in [0.717, 1.165) is 5.56 Å². The van der Waals surface area contributed by atoms with Crippen LogP contribution < -0.4 is 4.74 Å². The van der Waals surface area contributed by atoms with Crippen molar-refractivity contribution in [3.63, 3.8) is 0 Å². The molecule has 0 amide bonds. The number of halogens is 1. The molecule has 7 heteroatoms. The molecule has 26 heavy (non-hydrogen) atoms. The van der Waals surface area contributed by atoms with Gasteiger partial charge in [-0.2, -0.15) is 0 Å². The summed E-state index contributed by atoms with van der Waals surface area (Å²) >= 11 is 0. The van der Waals surface area contributed by atoms with Crippen LogP contribution in [0.25, 0.3) is 0 Å². The van der Waals surface area contributed by atoms with Crippen molar-refractivity contribution in [2.75, 3.05) is 25.4 Å². The molecule has 0 N–H and O–H groups in total. The lowest BCUT2D eigenvalue weighted by molar-refractivity contribution is 0.0581. The minimum Gasteiger partial charge on any atom is -0.477 e. The quantitative estimate of drug-likeness (QED) is 0.801. The number of rotatable bonds is 5. The highest BCUT2D eigenvalue weighted by atomic mass is 32.2. The zero-order chi connectivity index (χ0) is 18.2. The summed E-state index contributed by atoms with van der Waals surface area (Å²) < 4.78 is 43.7. The Morgan fingerprint density at radius 2 is 2.08 bits per heavy atom. The average molecular weight is 376 g/mol. The summed E-state index contributed by atoms with van der Waals surface area (Å²) in [6.45, 7) is 1.86. The molecule has 0 aliphatic carbocycles. The molecule has 3 heterocycles. The van der Waals surface area contributed by atoms with E-state index in [2.05, 4.69) is 9.88 Å². The van der Waals surface area contributed by atoms with Crippen molar-refractivity contribution in [1.29, 1.82) is 0 Å². The van der Waals surface area contributed by atoms with Gasteiger partial charge in [-0.25, -0.2) is 17.8 Å². The highest BCUT2D eigenvalue weighted by Gasteiger charge is 2.61. The fourth-order valence-corrected chi connectivity index (χ4v) is 6.50. The van der Waals surface area contributed by atoms with Gasteiger partial charge in [-0.15, -0.1) is 0 Å². The maximum absolute atomic E-state index is 13.3. The van der Waals surface area contributed by atoms with Gasteiger partial charge in [0.2, 0.25) is 5.88 Å². The second-order valence-electron chi connectivity index (χ2n) is 7.12. The van der Waals surface area contributed by atoms with Crippen LogP contribution in [0.5, 0.6) is 5.88 Å². The largest absolute Gasteiger partial charge is 0.477 e. The van der Waals surface area contributed by atoms with Gasteiger partial charge >= 0.3 is 0 Å². The van der Waals surface area contributed by atoms with E-state index in [4.69, 9.17) is 4.74 Å². The van der Waals surface area contributed by atoms with Crippen molar-refractivity contribution in [2.45, 2.75) is 17.7 Å². The summed E-state index contributed by atoms with van der Waals surface area (Å²) in [6.07, 6.45) is 2.27. The molecule has 0 bridgehead atoms. The van der Waals surface area contributed by atoms with Crippen LogP contribution in [0.2, 0.25) is 0 Å². The summed E-state index contributed by atoms with van der Waals surface area (Å²) in [5.41, 5.74) is 0.858. The Kier molecular flexibility index (Phi) is 4.44. The van der Waals surface area contributed by atoms with Gasteiger partial charge in [-0.05, 0) is 30.2 Å². The van der Waals surface area contributed by atoms with Gasteiger partial charge in [0.05, 0.1) is 12.4 Å². The predicted molar refractivity (Wildman–Crippen MR) is 96.0 cm³/mol. The number of nitrogens with zero attached hydrogens (tertiary/aromatic N) is 2. The number of hydrogen-bond acceptors (Lipinski definition) is 5. The summed E-state index contributed by atoms with van der Waals surface area (Å²) in [5.74, 6) is 0.408. The van der Waals surface area contributed by atoms with Crippen LogP contribution in [-0.2, 0) is 16.4 Å². The third kappa shape index (κ3) is 3.10. The third-order valence-electron chi connectivity index (χ3n) is 5.45. The Balaban J connectivity index is 1.43. The Morgan fingerprint density at radius 3 is 2.81 bits per heavy atom. The van der Waals surface area contributed by atoms with Gasteiger partial charge < -0.3 is 4.74 Å². The lowest BCUT2D eigenvalue weighted by atomic mass is 9.83. The number of aromatic nitrogens is 1. The predicted octanol–water partition coefficient (Wildman–Crippen LogP) is 2.29. The molecule has 1 aromatic heterocycles. The Morgan fingerprint density at radius 1 is 1.23 bits per heavy atom. The maximum atomic E-state index is 13.3. The smallest absolute Gasteiger partial charge is 0.213 e. The SMILES string of the molecule is O=S1(=O)CC[C@H](COc2ccccn2)C12CN(Cc1cccc(F)c1)C2. The van der Waals surface area contributed by atoms with Crippen molar-refractivity contribution >= 4 is 9.84 Å². The molecule has 2 saturated heterocycles. The van der Waals surface area contributed by atoms with Gasteiger partial charge in [-0.3, -0.25) is 4.90 Å². The first-order chi connectivity index (χ1) is 12.5. The number of sulfone groups is 1. The van der Waals surface area contributed by atoms with E-state index in [1.165, 1.54) is 12.1 Å². The number of benzene rings is 1. The molecule has 2 aliphatic rings. The van der Waals surface area contributed by atoms with Crippen molar-refractivity contribution < 1.29 is 17.5 Å². The molecule has 4 rings (SSSR count). The highest BCUT2D eigenvalue weighted by molar-refractivity contribution is 7.93. The average Bonchev–Trinajstić information content (AvgIpc) is 2.85. The van der Waals surface area contributed by atoms with Gasteiger partial charge in [0.1, 0.15) is 10.6 Å². The molecular weight excluding hydrogens is 355 g/mol. The van der Waals surface area contributed by atoms with Crippen LogP contribution in [0.1, 0.15) is 12.0 Å². The van der Waals surface area contributed by atoms with Gasteiger partial charge in [0.15, 0.2) is 9.84 Å². The Bertz CT molecular complexity index is 883. The van der Waals surface area contributed by atoms with Gasteiger partial charge in [-0.1, -0.05) is 18.2 Å². The maximum Gasteiger partial charge on any atom is 0.213 e. The molecule has 0 saturated carbocycles. The van der Waals surface area contributed by atoms with Crippen LogP contribution in [-0.4, -0.2) is 48.5 Å². The van der Waals surface area contributed by atoms with E-state index < -0.39 is 14.6 Å². The van der Waals surface area contributed by atoms with Crippen molar-refractivity contribution in [3.8, 4) is 5.88 Å². The zero-order valence-corrected chi connectivity index (χ0v) is 15.2. The zero-order valence-electron chi connectivity index (χ0n) is 14.3. The van der Waals surface area contributed by atoms with E-state index in [1.54, 1.807) is 18.3 Å². The molecular formula is C19H21FN2O3S. The van der Waals surface area contributed by atoms with E-state index in [0.29, 0.717) is 38.5 Å². The minimum absolute atomic E-state index is 0.0433. The molecule has 2 aliphatic heterocycles. The molecule has 2 fully saturated rings. The van der Waals surface area contributed by atoms with E-state index in [9.17, 15) is 12.8 Å². The number of pyridine rings is 1. The number of hydrogen-bond donors (Lipinski definition) is 0. The molecule has 2 aromatic rings. The fourth-order valence-electron chi connectivity index (χ4n) is 4.04. The molecule has 1 spiro atoms. The van der Waals surface area contributed by atoms with Crippen molar-refractivity contribution in [3.05, 3.63) is 60.0 Å². The molecule has 0 unspecified atom stereocenters. The lowest BCUT2D eigenvalue weighted by Crippen LogP contribution is -2.67. The lowest BCUT2D eigenvalue weighted by Gasteiger charge is -2.50. The van der Waals surface area contributed by atoms with Crippen LogP contribution in [0, 0.1) is 11.7 Å². The Labute approximate surface area is 152 Å². The molecule has 5 nitrogen and oxygen atoms in total. The normalized spacial score (nSPS) is 23.7. The first-order valence-corrected chi connectivity index (χ1v) is 10.4. The van der Waals surface area contributed by atoms with Crippen LogP contribution in [0.4, 0.5) is 4.39 Å². The van der Waals surface area contributed by atoms with Crippen molar-refractivity contribution in [1.82, 2.24) is 9.88 Å². The highest BCUT2D eigenvalue weighted by Crippen LogP contribution is 2.45. The summed E-state index contributed by atoms with van der Waals surface area (Å²) in [6, 6.07) is 11.9. The third-order valence-corrected chi connectivity index (χ3v) is 8.05. The summed E-state index contributed by atoms with van der Waals surface area (Å²) in [7, 11) is -3.15. The van der Waals surface area contributed by atoms with E-state index in [-0.39, 0.29) is 17.5 Å².